The van der Waals surface area contributed by atoms with Crippen molar-refractivity contribution in [3.63, 3.8) is 0 Å². The average Bonchev–Trinajstić information content (AvgIpc) is 2.55. The largest absolute Gasteiger partial charge is 0.373 e. The Hall–Kier alpha value is -1.53. The van der Waals surface area contributed by atoms with Gasteiger partial charge in [0.1, 0.15) is 0 Å². The van der Waals surface area contributed by atoms with Gasteiger partial charge in [-0.1, -0.05) is 61.0 Å². The number of nitrogens with zero attached hydrogens (tertiary/aromatic N) is 1. The molecule has 2 nitrogen and oxygen atoms in total. The highest BCUT2D eigenvalue weighted by Gasteiger charge is 2.36. The van der Waals surface area contributed by atoms with Crippen LogP contribution in [0.25, 0.3) is 0 Å². The van der Waals surface area contributed by atoms with Gasteiger partial charge in [-0.3, -0.25) is 4.98 Å². The van der Waals surface area contributed by atoms with E-state index in [9.17, 15) is 5.11 Å². The normalized spacial score (nSPS) is 14.5. The minimum atomic E-state index is -1.36. The molecule has 1 aromatic carbocycles. The molecule has 0 aliphatic rings. The molecule has 0 saturated carbocycles. The van der Waals surface area contributed by atoms with Gasteiger partial charge >= 0.3 is 0 Å². The van der Waals surface area contributed by atoms with Crippen molar-refractivity contribution in [2.75, 3.05) is 0 Å². The summed E-state index contributed by atoms with van der Waals surface area (Å²) in [5.41, 5.74) is 0.0938. The molecule has 1 heterocycles. The number of aliphatic hydroxyl groups is 1. The van der Waals surface area contributed by atoms with Crippen molar-refractivity contribution < 1.29 is 5.11 Å². The Labute approximate surface area is 147 Å². The van der Waals surface area contributed by atoms with E-state index in [-0.39, 0.29) is 5.92 Å². The lowest BCUT2D eigenvalue weighted by molar-refractivity contribution is 0.0740. The molecule has 23 heavy (non-hydrogen) atoms. The second-order valence-electron chi connectivity index (χ2n) is 5.45. The van der Waals surface area contributed by atoms with Gasteiger partial charge in [0.05, 0.1) is 0 Å². The number of rotatable bonds is 4. The first-order valence-corrected chi connectivity index (χ1v) is 8.32. The van der Waals surface area contributed by atoms with Crippen LogP contribution in [0.5, 0.6) is 0 Å². The quantitative estimate of drug-likeness (QED) is 0.772. The fourth-order valence-electron chi connectivity index (χ4n) is 2.42. The zero-order valence-electron chi connectivity index (χ0n) is 13.2. The number of aromatic nitrogens is 1. The van der Waals surface area contributed by atoms with E-state index >= 15 is 0 Å². The summed E-state index contributed by atoms with van der Waals surface area (Å²) in [6.07, 6.45) is 4.97. The predicted octanol–water partition coefficient (Wildman–Crippen LogP) is 5.18. The molecule has 1 aromatic heterocycles. The molecule has 0 aliphatic heterocycles. The van der Waals surface area contributed by atoms with Gasteiger partial charge in [0.2, 0.25) is 0 Å². The first kappa shape index (κ1) is 17.8. The van der Waals surface area contributed by atoms with Crippen molar-refractivity contribution in [3.8, 4) is 11.8 Å². The standard InChI is InChI=1S/C19H19Cl2NO/c1-3-4-5-10-19(23,15-7-6-11-22-13-15)14(2)17-9-8-16(20)12-18(17)21/h6-9,11-14,23H,3-4H2,1-2H3. The fourth-order valence-corrected chi connectivity index (χ4v) is 2.99. The highest BCUT2D eigenvalue weighted by Crippen LogP contribution is 2.39. The van der Waals surface area contributed by atoms with Crippen LogP contribution in [-0.2, 0) is 5.60 Å². The summed E-state index contributed by atoms with van der Waals surface area (Å²) in [6.45, 7) is 3.96. The molecule has 2 atom stereocenters. The minimum absolute atomic E-state index is 0.333. The molecular weight excluding hydrogens is 329 g/mol. The molecule has 0 spiro atoms. The van der Waals surface area contributed by atoms with Crippen LogP contribution in [0.15, 0.2) is 42.7 Å². The Morgan fingerprint density at radius 2 is 2.09 bits per heavy atom. The number of halogens is 2. The van der Waals surface area contributed by atoms with Crippen LogP contribution in [0.3, 0.4) is 0 Å². The minimum Gasteiger partial charge on any atom is -0.373 e. The van der Waals surface area contributed by atoms with Crippen LogP contribution in [0.1, 0.15) is 43.7 Å². The maximum atomic E-state index is 11.3. The van der Waals surface area contributed by atoms with Crippen molar-refractivity contribution in [1.29, 1.82) is 0 Å². The lowest BCUT2D eigenvalue weighted by Crippen LogP contribution is -2.31. The van der Waals surface area contributed by atoms with Gasteiger partial charge in [0.15, 0.2) is 5.60 Å². The molecule has 0 bridgehead atoms. The molecule has 0 aliphatic carbocycles. The SMILES string of the molecule is CCCC#CC(O)(c1cccnc1)C(C)c1ccc(Cl)cc1Cl. The topological polar surface area (TPSA) is 33.1 Å². The van der Waals surface area contributed by atoms with E-state index in [1.807, 2.05) is 19.1 Å². The Balaban J connectivity index is 2.51. The summed E-state index contributed by atoms with van der Waals surface area (Å²) in [6, 6.07) is 8.89. The van der Waals surface area contributed by atoms with E-state index in [1.54, 1.807) is 30.6 Å². The second kappa shape index (κ2) is 7.84. The van der Waals surface area contributed by atoms with E-state index in [2.05, 4.69) is 23.7 Å². The molecule has 2 unspecified atom stereocenters. The summed E-state index contributed by atoms with van der Waals surface area (Å²) in [5.74, 6) is 5.75. The lowest BCUT2D eigenvalue weighted by atomic mass is 9.79. The maximum absolute atomic E-state index is 11.3. The van der Waals surface area contributed by atoms with Crippen LogP contribution in [0, 0.1) is 11.8 Å². The molecule has 0 fully saturated rings. The van der Waals surface area contributed by atoms with E-state index in [0.717, 1.165) is 18.4 Å². The Kier molecular flexibility index (Phi) is 6.07. The van der Waals surface area contributed by atoms with Crippen LogP contribution in [0.4, 0.5) is 0 Å². The van der Waals surface area contributed by atoms with Crippen LogP contribution in [0.2, 0.25) is 10.0 Å². The van der Waals surface area contributed by atoms with Crippen LogP contribution < -0.4 is 0 Å². The molecule has 0 amide bonds. The van der Waals surface area contributed by atoms with Crippen molar-refractivity contribution >= 4 is 23.2 Å². The van der Waals surface area contributed by atoms with E-state index in [4.69, 9.17) is 23.2 Å². The molecule has 1 N–H and O–H groups in total. The predicted molar refractivity (Wildman–Crippen MR) is 95.7 cm³/mol. The Morgan fingerprint density at radius 1 is 1.30 bits per heavy atom. The smallest absolute Gasteiger partial charge is 0.158 e. The third-order valence-electron chi connectivity index (χ3n) is 3.81. The van der Waals surface area contributed by atoms with E-state index in [1.165, 1.54) is 0 Å². The summed E-state index contributed by atoms with van der Waals surface area (Å²) in [5, 5.41) is 12.4. The summed E-state index contributed by atoms with van der Waals surface area (Å²) < 4.78 is 0. The monoisotopic (exact) mass is 347 g/mol. The first-order chi connectivity index (χ1) is 11.0. The van der Waals surface area contributed by atoms with Gasteiger partial charge in [-0.25, -0.2) is 0 Å². The summed E-state index contributed by atoms with van der Waals surface area (Å²) >= 11 is 12.3. The van der Waals surface area contributed by atoms with Crippen molar-refractivity contribution in [2.45, 2.75) is 38.2 Å². The van der Waals surface area contributed by atoms with Crippen molar-refractivity contribution in [2.24, 2.45) is 0 Å². The third-order valence-corrected chi connectivity index (χ3v) is 4.37. The van der Waals surface area contributed by atoms with Crippen LogP contribution >= 0.6 is 23.2 Å². The summed E-state index contributed by atoms with van der Waals surface area (Å²) in [4.78, 5) is 4.11. The highest BCUT2D eigenvalue weighted by molar-refractivity contribution is 6.35. The van der Waals surface area contributed by atoms with E-state index < -0.39 is 5.60 Å². The van der Waals surface area contributed by atoms with Gasteiger partial charge in [0, 0.05) is 40.3 Å². The Bertz CT molecular complexity index is 721. The zero-order valence-corrected chi connectivity index (χ0v) is 14.7. The maximum Gasteiger partial charge on any atom is 0.158 e. The zero-order chi connectivity index (χ0) is 16.9. The van der Waals surface area contributed by atoms with Crippen molar-refractivity contribution in [3.05, 3.63) is 63.9 Å². The number of hydrogen-bond acceptors (Lipinski definition) is 2. The molecule has 120 valence electrons. The molecule has 4 heteroatoms. The third kappa shape index (κ3) is 4.06. The average molecular weight is 348 g/mol. The van der Waals surface area contributed by atoms with Gasteiger partial charge < -0.3 is 5.11 Å². The number of benzene rings is 1. The molecule has 2 rings (SSSR count). The fraction of sp³-hybridized carbons (Fsp3) is 0.316. The molecule has 2 aromatic rings. The van der Waals surface area contributed by atoms with Gasteiger partial charge in [0.25, 0.3) is 0 Å². The van der Waals surface area contributed by atoms with Gasteiger partial charge in [-0.15, -0.1) is 0 Å². The summed E-state index contributed by atoms with van der Waals surface area (Å²) in [7, 11) is 0. The number of hydrogen-bond donors (Lipinski definition) is 1. The molecule has 0 saturated heterocycles. The van der Waals surface area contributed by atoms with Gasteiger partial charge in [-0.2, -0.15) is 0 Å². The second-order valence-corrected chi connectivity index (χ2v) is 6.29. The molecule has 0 radical (unpaired) electrons. The van der Waals surface area contributed by atoms with Crippen LogP contribution in [-0.4, -0.2) is 10.1 Å². The highest BCUT2D eigenvalue weighted by atomic mass is 35.5. The molecular formula is C19H19Cl2NO. The number of unbranched alkanes of at least 4 members (excludes halogenated alkanes) is 1. The van der Waals surface area contributed by atoms with Crippen molar-refractivity contribution in [1.82, 2.24) is 4.98 Å². The number of pyridine rings is 1. The van der Waals surface area contributed by atoms with Gasteiger partial charge in [-0.05, 0) is 30.2 Å². The van der Waals surface area contributed by atoms with E-state index in [0.29, 0.717) is 15.6 Å². The first-order valence-electron chi connectivity index (χ1n) is 7.57. The Morgan fingerprint density at radius 3 is 2.70 bits per heavy atom. The lowest BCUT2D eigenvalue weighted by Gasteiger charge is -2.30.